The van der Waals surface area contributed by atoms with Crippen molar-refractivity contribution >= 4 is 0 Å². The van der Waals surface area contributed by atoms with Crippen molar-refractivity contribution in [2.24, 2.45) is 11.7 Å². The zero-order valence-electron chi connectivity index (χ0n) is 13.2. The monoisotopic (exact) mass is 294 g/mol. The van der Waals surface area contributed by atoms with Crippen LogP contribution >= 0.6 is 0 Å². The van der Waals surface area contributed by atoms with Crippen LogP contribution in [0.5, 0.6) is 11.5 Å². The van der Waals surface area contributed by atoms with Gasteiger partial charge in [0.2, 0.25) is 0 Å². The highest BCUT2D eigenvalue weighted by Gasteiger charge is 2.25. The Hall–Kier alpha value is -1.30. The second kappa shape index (κ2) is 7.64. The lowest BCUT2D eigenvalue weighted by Gasteiger charge is -2.23. The Balaban J connectivity index is 2.01. The number of ether oxygens (including phenoxy) is 3. The molecule has 0 aliphatic carbocycles. The van der Waals surface area contributed by atoms with Crippen LogP contribution in [0.25, 0.3) is 0 Å². The molecule has 1 aromatic carbocycles. The minimum Gasteiger partial charge on any atom is -0.497 e. The van der Waals surface area contributed by atoms with Crippen molar-refractivity contribution < 1.29 is 14.2 Å². The Bertz CT molecular complexity index is 453. The summed E-state index contributed by atoms with van der Waals surface area (Å²) >= 11 is 0. The first-order valence-electron chi connectivity index (χ1n) is 7.36. The van der Waals surface area contributed by atoms with Crippen LogP contribution in [0.15, 0.2) is 18.2 Å². The van der Waals surface area contributed by atoms with Gasteiger partial charge in [0.1, 0.15) is 11.5 Å². The van der Waals surface area contributed by atoms with Crippen molar-refractivity contribution in [1.82, 2.24) is 4.90 Å². The van der Waals surface area contributed by atoms with Gasteiger partial charge in [-0.3, -0.25) is 0 Å². The molecule has 1 saturated heterocycles. The van der Waals surface area contributed by atoms with Crippen molar-refractivity contribution in [2.45, 2.75) is 12.5 Å². The highest BCUT2D eigenvalue weighted by Crippen LogP contribution is 2.29. The Morgan fingerprint density at radius 3 is 2.76 bits per heavy atom. The number of rotatable bonds is 7. The predicted molar refractivity (Wildman–Crippen MR) is 82.9 cm³/mol. The molecule has 2 atom stereocenters. The maximum absolute atomic E-state index is 6.39. The summed E-state index contributed by atoms with van der Waals surface area (Å²) in [6.07, 6.45) is 1.18. The molecule has 5 heteroatoms. The van der Waals surface area contributed by atoms with E-state index in [9.17, 15) is 0 Å². The molecular weight excluding hydrogens is 268 g/mol. The third-order valence-electron chi connectivity index (χ3n) is 4.06. The molecule has 0 saturated carbocycles. The fourth-order valence-electron chi connectivity index (χ4n) is 2.96. The summed E-state index contributed by atoms with van der Waals surface area (Å²) < 4.78 is 15.9. The zero-order chi connectivity index (χ0) is 15.2. The van der Waals surface area contributed by atoms with E-state index >= 15 is 0 Å². The summed E-state index contributed by atoms with van der Waals surface area (Å²) in [5.74, 6) is 2.24. The first kappa shape index (κ1) is 16.1. The first-order chi connectivity index (χ1) is 10.2. The molecule has 0 radical (unpaired) electrons. The van der Waals surface area contributed by atoms with Crippen LogP contribution in [0.1, 0.15) is 18.0 Å². The molecule has 1 aliphatic heterocycles. The van der Waals surface area contributed by atoms with E-state index < -0.39 is 0 Å². The van der Waals surface area contributed by atoms with Crippen LogP contribution in [-0.4, -0.2) is 52.5 Å². The van der Waals surface area contributed by atoms with E-state index in [-0.39, 0.29) is 6.04 Å². The van der Waals surface area contributed by atoms with E-state index in [2.05, 4.69) is 4.90 Å². The summed E-state index contributed by atoms with van der Waals surface area (Å²) in [4.78, 5) is 2.40. The second-order valence-electron chi connectivity index (χ2n) is 5.58. The lowest BCUT2D eigenvalue weighted by molar-refractivity contribution is 0.152. The molecule has 1 aromatic rings. The minimum absolute atomic E-state index is 0.0867. The molecular formula is C16H26N2O3. The molecule has 1 aliphatic rings. The molecule has 5 nitrogen and oxygen atoms in total. The fraction of sp³-hybridized carbons (Fsp3) is 0.625. The molecule has 2 N–H and O–H groups in total. The number of benzene rings is 1. The summed E-state index contributed by atoms with van der Waals surface area (Å²) in [6, 6.07) is 5.67. The third-order valence-corrected chi connectivity index (χ3v) is 4.06. The Morgan fingerprint density at radius 2 is 2.10 bits per heavy atom. The first-order valence-corrected chi connectivity index (χ1v) is 7.36. The van der Waals surface area contributed by atoms with Crippen LogP contribution in [-0.2, 0) is 4.74 Å². The average Bonchev–Trinajstić information content (AvgIpc) is 2.94. The van der Waals surface area contributed by atoms with E-state index in [0.29, 0.717) is 5.92 Å². The topological polar surface area (TPSA) is 57.0 Å². The normalized spacial score (nSPS) is 20.5. The minimum atomic E-state index is -0.0867. The van der Waals surface area contributed by atoms with Gasteiger partial charge in [0.25, 0.3) is 0 Å². The van der Waals surface area contributed by atoms with Gasteiger partial charge in [0.15, 0.2) is 0 Å². The Kier molecular flexibility index (Phi) is 5.85. The van der Waals surface area contributed by atoms with Crippen LogP contribution < -0.4 is 15.2 Å². The molecule has 118 valence electrons. The number of nitrogens with two attached hydrogens (primary N) is 1. The molecule has 1 heterocycles. The molecule has 2 unspecified atom stereocenters. The van der Waals surface area contributed by atoms with Crippen LogP contribution in [0.4, 0.5) is 0 Å². The predicted octanol–water partition coefficient (Wildman–Crippen LogP) is 1.67. The summed E-state index contributed by atoms with van der Waals surface area (Å²) in [5, 5.41) is 0. The van der Waals surface area contributed by atoms with Gasteiger partial charge in [-0.2, -0.15) is 0 Å². The molecule has 0 amide bonds. The molecule has 1 fully saturated rings. The lowest BCUT2D eigenvalue weighted by Crippen LogP contribution is -2.31. The maximum Gasteiger partial charge on any atom is 0.123 e. The van der Waals surface area contributed by atoms with Gasteiger partial charge in [-0.15, -0.1) is 0 Å². The van der Waals surface area contributed by atoms with E-state index in [1.54, 1.807) is 21.3 Å². The van der Waals surface area contributed by atoms with Gasteiger partial charge in [-0.05, 0) is 37.1 Å². The highest BCUT2D eigenvalue weighted by molar-refractivity contribution is 5.42. The highest BCUT2D eigenvalue weighted by atomic mass is 16.5. The van der Waals surface area contributed by atoms with Gasteiger partial charge in [-0.1, -0.05) is 0 Å². The largest absolute Gasteiger partial charge is 0.497 e. The van der Waals surface area contributed by atoms with Gasteiger partial charge >= 0.3 is 0 Å². The van der Waals surface area contributed by atoms with Crippen LogP contribution in [0.2, 0.25) is 0 Å². The lowest BCUT2D eigenvalue weighted by atomic mass is 10.1. The second-order valence-corrected chi connectivity index (χ2v) is 5.58. The standard InChI is InChI=1S/C16H26N2O3/c1-19-11-12-6-7-18(9-12)10-15(17)14-8-13(20-2)4-5-16(14)21-3/h4-5,8,12,15H,6-7,9-11,17H2,1-3H3. The van der Waals surface area contributed by atoms with Crippen molar-refractivity contribution in [3.63, 3.8) is 0 Å². The van der Waals surface area contributed by atoms with Crippen molar-refractivity contribution in [3.05, 3.63) is 23.8 Å². The van der Waals surface area contributed by atoms with Crippen molar-refractivity contribution in [2.75, 3.05) is 47.6 Å². The summed E-state index contributed by atoms with van der Waals surface area (Å²) in [7, 11) is 5.09. The van der Waals surface area contributed by atoms with E-state index in [1.807, 2.05) is 18.2 Å². The number of nitrogens with zero attached hydrogens (tertiary/aromatic N) is 1. The average molecular weight is 294 g/mol. The molecule has 0 aromatic heterocycles. The number of hydrogen-bond donors (Lipinski definition) is 1. The van der Waals surface area contributed by atoms with Gasteiger partial charge in [0.05, 0.1) is 20.8 Å². The number of likely N-dealkylation sites (tertiary alicyclic amines) is 1. The molecule has 0 spiro atoms. The van der Waals surface area contributed by atoms with Gasteiger partial charge < -0.3 is 24.8 Å². The van der Waals surface area contributed by atoms with E-state index in [0.717, 1.165) is 43.3 Å². The number of hydrogen-bond acceptors (Lipinski definition) is 5. The summed E-state index contributed by atoms with van der Waals surface area (Å²) in [5.41, 5.74) is 7.38. The Morgan fingerprint density at radius 1 is 1.29 bits per heavy atom. The maximum atomic E-state index is 6.39. The number of methoxy groups -OCH3 is 3. The van der Waals surface area contributed by atoms with Gasteiger partial charge in [-0.25, -0.2) is 0 Å². The Labute approximate surface area is 127 Å². The summed E-state index contributed by atoms with van der Waals surface area (Å²) in [6.45, 7) is 3.78. The quantitative estimate of drug-likeness (QED) is 0.829. The van der Waals surface area contributed by atoms with E-state index in [1.165, 1.54) is 6.42 Å². The molecule has 21 heavy (non-hydrogen) atoms. The van der Waals surface area contributed by atoms with Crippen molar-refractivity contribution in [1.29, 1.82) is 0 Å². The molecule has 2 rings (SSSR count). The zero-order valence-corrected chi connectivity index (χ0v) is 13.2. The van der Waals surface area contributed by atoms with Crippen LogP contribution in [0.3, 0.4) is 0 Å². The van der Waals surface area contributed by atoms with E-state index in [4.69, 9.17) is 19.9 Å². The van der Waals surface area contributed by atoms with Crippen LogP contribution in [0, 0.1) is 5.92 Å². The third kappa shape index (κ3) is 4.09. The fourth-order valence-corrected chi connectivity index (χ4v) is 2.96. The SMILES string of the molecule is COCC1CCN(CC(N)c2cc(OC)ccc2OC)C1. The smallest absolute Gasteiger partial charge is 0.123 e. The van der Waals surface area contributed by atoms with Crippen molar-refractivity contribution in [3.8, 4) is 11.5 Å². The molecule has 0 bridgehead atoms. The van der Waals surface area contributed by atoms with Gasteiger partial charge in [0, 0.05) is 31.8 Å².